The third-order valence-electron chi connectivity index (χ3n) is 3.76. The minimum absolute atomic E-state index is 0.603. The predicted octanol–water partition coefficient (Wildman–Crippen LogP) is 2.26. The number of piperazine rings is 1. The van der Waals surface area contributed by atoms with E-state index < -0.39 is 0 Å². The first-order valence-electron chi connectivity index (χ1n) is 7.33. The fourth-order valence-corrected chi connectivity index (χ4v) is 2.47. The van der Waals surface area contributed by atoms with Gasteiger partial charge in [-0.3, -0.25) is 5.84 Å². The standard InChI is InChI=1S/C17H21N3O/c18-20-12-10-19(11-13-20)16-6-8-17(9-7-16)21-14-15-4-2-1-3-5-15/h1-9H,10-14,18H2. The molecule has 1 saturated heterocycles. The number of hydrogen-bond donors (Lipinski definition) is 1. The SMILES string of the molecule is NN1CCN(c2ccc(OCc3ccccc3)cc2)CC1. The van der Waals surface area contributed by atoms with Crippen LogP contribution < -0.4 is 15.5 Å². The number of nitrogens with zero attached hydrogens (tertiary/aromatic N) is 2. The Kier molecular flexibility index (Phi) is 4.38. The van der Waals surface area contributed by atoms with Crippen LogP contribution >= 0.6 is 0 Å². The van der Waals surface area contributed by atoms with Crippen LogP contribution in [0.1, 0.15) is 5.56 Å². The Balaban J connectivity index is 1.57. The zero-order valence-corrected chi connectivity index (χ0v) is 12.1. The first-order chi connectivity index (χ1) is 10.3. The third kappa shape index (κ3) is 3.74. The number of anilines is 1. The Bertz CT molecular complexity index is 548. The van der Waals surface area contributed by atoms with Gasteiger partial charge in [-0.15, -0.1) is 0 Å². The van der Waals surface area contributed by atoms with Crippen LogP contribution in [0.3, 0.4) is 0 Å². The lowest BCUT2D eigenvalue weighted by Gasteiger charge is -2.33. The molecule has 1 aliphatic heterocycles. The molecule has 0 aliphatic carbocycles. The van der Waals surface area contributed by atoms with Gasteiger partial charge in [0.1, 0.15) is 12.4 Å². The van der Waals surface area contributed by atoms with E-state index in [1.165, 1.54) is 11.3 Å². The number of nitrogens with two attached hydrogens (primary N) is 1. The number of hydrogen-bond acceptors (Lipinski definition) is 4. The molecule has 2 N–H and O–H groups in total. The van der Waals surface area contributed by atoms with Crippen molar-refractivity contribution in [2.24, 2.45) is 5.84 Å². The van der Waals surface area contributed by atoms with Gasteiger partial charge in [0.05, 0.1) is 0 Å². The quantitative estimate of drug-likeness (QED) is 0.874. The lowest BCUT2D eigenvalue weighted by Crippen LogP contribution is -2.49. The predicted molar refractivity (Wildman–Crippen MR) is 85.2 cm³/mol. The molecule has 0 radical (unpaired) electrons. The van der Waals surface area contributed by atoms with Gasteiger partial charge in [0.2, 0.25) is 0 Å². The van der Waals surface area contributed by atoms with Crippen LogP contribution in [0.15, 0.2) is 54.6 Å². The molecule has 1 heterocycles. The van der Waals surface area contributed by atoms with Crippen molar-refractivity contribution in [2.75, 3.05) is 31.1 Å². The molecule has 0 bridgehead atoms. The van der Waals surface area contributed by atoms with Crippen LogP contribution in [0.5, 0.6) is 5.75 Å². The van der Waals surface area contributed by atoms with Crippen LogP contribution in [0.25, 0.3) is 0 Å². The molecule has 0 unspecified atom stereocenters. The van der Waals surface area contributed by atoms with Gasteiger partial charge in [0.15, 0.2) is 0 Å². The summed E-state index contributed by atoms with van der Waals surface area (Å²) >= 11 is 0. The summed E-state index contributed by atoms with van der Waals surface area (Å²) in [5, 5.41) is 1.87. The van der Waals surface area contributed by atoms with E-state index in [1.807, 2.05) is 35.3 Å². The zero-order valence-electron chi connectivity index (χ0n) is 12.1. The van der Waals surface area contributed by atoms with Gasteiger partial charge >= 0.3 is 0 Å². The smallest absolute Gasteiger partial charge is 0.119 e. The first kappa shape index (κ1) is 13.9. The van der Waals surface area contributed by atoms with Crippen molar-refractivity contribution in [1.29, 1.82) is 0 Å². The van der Waals surface area contributed by atoms with Gasteiger partial charge in [-0.05, 0) is 29.8 Å². The molecule has 4 nitrogen and oxygen atoms in total. The van der Waals surface area contributed by atoms with E-state index in [2.05, 4.69) is 29.2 Å². The maximum Gasteiger partial charge on any atom is 0.119 e. The molecule has 0 atom stereocenters. The summed E-state index contributed by atoms with van der Waals surface area (Å²) in [5.41, 5.74) is 2.41. The molecule has 4 heteroatoms. The van der Waals surface area contributed by atoms with Crippen LogP contribution in [0.2, 0.25) is 0 Å². The van der Waals surface area contributed by atoms with E-state index in [4.69, 9.17) is 10.6 Å². The van der Waals surface area contributed by atoms with Crippen molar-refractivity contribution in [1.82, 2.24) is 5.01 Å². The van der Waals surface area contributed by atoms with Gasteiger partial charge in [-0.1, -0.05) is 30.3 Å². The van der Waals surface area contributed by atoms with Crippen LogP contribution in [-0.2, 0) is 6.61 Å². The molecule has 0 spiro atoms. The molecular weight excluding hydrogens is 262 g/mol. The van der Waals surface area contributed by atoms with E-state index in [9.17, 15) is 0 Å². The van der Waals surface area contributed by atoms with Gasteiger partial charge in [-0.2, -0.15) is 0 Å². The largest absolute Gasteiger partial charge is 0.489 e. The molecule has 2 aromatic rings. The highest BCUT2D eigenvalue weighted by Gasteiger charge is 2.14. The van der Waals surface area contributed by atoms with Crippen molar-refractivity contribution in [3.05, 3.63) is 60.2 Å². The van der Waals surface area contributed by atoms with E-state index in [0.717, 1.165) is 31.9 Å². The number of hydrazine groups is 1. The maximum absolute atomic E-state index is 5.80. The summed E-state index contributed by atoms with van der Waals surface area (Å²) in [5.74, 6) is 6.68. The Labute approximate surface area is 125 Å². The van der Waals surface area contributed by atoms with Crippen molar-refractivity contribution >= 4 is 5.69 Å². The summed E-state index contributed by atoms with van der Waals surface area (Å²) in [6.45, 7) is 4.37. The second-order valence-electron chi connectivity index (χ2n) is 5.29. The molecule has 1 aliphatic rings. The second kappa shape index (κ2) is 6.61. The molecule has 3 rings (SSSR count). The average Bonchev–Trinajstić information content (AvgIpc) is 2.55. The van der Waals surface area contributed by atoms with E-state index in [-0.39, 0.29) is 0 Å². The summed E-state index contributed by atoms with van der Waals surface area (Å²) in [7, 11) is 0. The Morgan fingerprint density at radius 2 is 1.52 bits per heavy atom. The number of ether oxygens (including phenoxy) is 1. The highest BCUT2D eigenvalue weighted by molar-refractivity contribution is 5.49. The lowest BCUT2D eigenvalue weighted by atomic mass is 10.2. The van der Waals surface area contributed by atoms with Gasteiger partial charge in [0.25, 0.3) is 0 Å². The summed E-state index contributed by atoms with van der Waals surface area (Å²) < 4.78 is 5.80. The Hall–Kier alpha value is -2.04. The number of rotatable bonds is 4. The maximum atomic E-state index is 5.80. The van der Waals surface area contributed by atoms with Crippen molar-refractivity contribution in [2.45, 2.75) is 6.61 Å². The molecule has 21 heavy (non-hydrogen) atoms. The highest BCUT2D eigenvalue weighted by Crippen LogP contribution is 2.21. The molecule has 110 valence electrons. The summed E-state index contributed by atoms with van der Waals surface area (Å²) in [6.07, 6.45) is 0. The third-order valence-corrected chi connectivity index (χ3v) is 3.76. The molecule has 2 aromatic carbocycles. The van der Waals surface area contributed by atoms with Crippen molar-refractivity contribution < 1.29 is 4.74 Å². The fraction of sp³-hybridized carbons (Fsp3) is 0.294. The van der Waals surface area contributed by atoms with Crippen molar-refractivity contribution in [3.8, 4) is 5.75 Å². The molecule has 0 aromatic heterocycles. The van der Waals surface area contributed by atoms with Crippen LogP contribution in [0.4, 0.5) is 5.69 Å². The van der Waals surface area contributed by atoms with E-state index in [1.54, 1.807) is 0 Å². The summed E-state index contributed by atoms with van der Waals surface area (Å²) in [4.78, 5) is 2.35. The fourth-order valence-electron chi connectivity index (χ4n) is 2.47. The van der Waals surface area contributed by atoms with Crippen LogP contribution in [0, 0.1) is 0 Å². The second-order valence-corrected chi connectivity index (χ2v) is 5.29. The minimum Gasteiger partial charge on any atom is -0.489 e. The topological polar surface area (TPSA) is 41.7 Å². The average molecular weight is 283 g/mol. The molecular formula is C17H21N3O. The van der Waals surface area contributed by atoms with Gasteiger partial charge in [0, 0.05) is 31.9 Å². The molecule has 0 saturated carbocycles. The van der Waals surface area contributed by atoms with E-state index in [0.29, 0.717) is 6.61 Å². The summed E-state index contributed by atoms with van der Waals surface area (Å²) in [6, 6.07) is 18.5. The van der Waals surface area contributed by atoms with Crippen LogP contribution in [-0.4, -0.2) is 31.2 Å². The highest BCUT2D eigenvalue weighted by atomic mass is 16.5. The molecule has 1 fully saturated rings. The minimum atomic E-state index is 0.603. The van der Waals surface area contributed by atoms with E-state index >= 15 is 0 Å². The van der Waals surface area contributed by atoms with Gasteiger partial charge < -0.3 is 9.64 Å². The first-order valence-corrected chi connectivity index (χ1v) is 7.33. The van der Waals surface area contributed by atoms with Gasteiger partial charge in [-0.25, -0.2) is 5.01 Å². The van der Waals surface area contributed by atoms with Crippen molar-refractivity contribution in [3.63, 3.8) is 0 Å². The zero-order chi connectivity index (χ0) is 14.5. The normalized spacial score (nSPS) is 16.0. The molecule has 0 amide bonds. The Morgan fingerprint density at radius 3 is 2.19 bits per heavy atom. The lowest BCUT2D eigenvalue weighted by molar-refractivity contribution is 0.266. The number of benzene rings is 2. The Morgan fingerprint density at radius 1 is 0.857 bits per heavy atom. The monoisotopic (exact) mass is 283 g/mol.